The third-order valence-electron chi connectivity index (χ3n) is 4.99. The fraction of sp³-hybridized carbons (Fsp3) is 0.375. The summed E-state index contributed by atoms with van der Waals surface area (Å²) in [6.45, 7) is 9.73. The van der Waals surface area contributed by atoms with Gasteiger partial charge in [0.25, 0.3) is 5.91 Å². The zero-order valence-corrected chi connectivity index (χ0v) is 20.6. The van der Waals surface area contributed by atoms with Crippen molar-refractivity contribution in [3.8, 4) is 11.6 Å². The van der Waals surface area contributed by atoms with Gasteiger partial charge in [0.1, 0.15) is 17.1 Å². The molecule has 8 nitrogen and oxygen atoms in total. The number of amides is 1. The van der Waals surface area contributed by atoms with Crippen molar-refractivity contribution in [2.45, 2.75) is 52.0 Å². The molecular formula is C24H30N4O4S. The lowest BCUT2D eigenvalue weighted by molar-refractivity contribution is 0.0990. The summed E-state index contributed by atoms with van der Waals surface area (Å²) in [6.07, 6.45) is 0. The van der Waals surface area contributed by atoms with Gasteiger partial charge in [-0.1, -0.05) is 18.2 Å². The second kappa shape index (κ2) is 9.94. The average molecular weight is 471 g/mol. The molecule has 0 spiro atoms. The van der Waals surface area contributed by atoms with E-state index in [9.17, 15) is 9.35 Å². The van der Waals surface area contributed by atoms with E-state index in [1.54, 1.807) is 7.11 Å². The predicted molar refractivity (Wildman–Crippen MR) is 130 cm³/mol. The van der Waals surface area contributed by atoms with E-state index in [-0.39, 0.29) is 24.2 Å². The van der Waals surface area contributed by atoms with Crippen molar-refractivity contribution in [1.29, 1.82) is 0 Å². The SMILES string of the molecule is COc1ccc(COc2nc3c([C@@H](C)N[S+]([O-])C(C)(C)C)cc(C)cc3nc2C(N)=O)cc1. The highest BCUT2D eigenvalue weighted by atomic mass is 32.2. The Morgan fingerprint density at radius 1 is 1.21 bits per heavy atom. The fourth-order valence-corrected chi connectivity index (χ4v) is 3.98. The van der Waals surface area contributed by atoms with E-state index in [1.807, 2.05) is 71.0 Å². The zero-order chi connectivity index (χ0) is 24.3. The molecule has 3 rings (SSSR count). The molecule has 3 aromatic rings. The van der Waals surface area contributed by atoms with Crippen LogP contribution in [0.1, 0.15) is 60.9 Å². The quantitative estimate of drug-likeness (QED) is 0.481. The Hall–Kier alpha value is -2.88. The number of nitrogens with one attached hydrogen (secondary N) is 1. The van der Waals surface area contributed by atoms with E-state index in [2.05, 4.69) is 14.7 Å². The Labute approximate surface area is 197 Å². The number of aromatic nitrogens is 2. The number of nitrogens with two attached hydrogens (primary N) is 1. The molecule has 2 atom stereocenters. The molecule has 1 amide bonds. The maximum atomic E-state index is 12.7. The molecule has 0 radical (unpaired) electrons. The zero-order valence-electron chi connectivity index (χ0n) is 19.8. The topological polar surface area (TPSA) is 122 Å². The van der Waals surface area contributed by atoms with Crippen molar-refractivity contribution in [2.75, 3.05) is 7.11 Å². The van der Waals surface area contributed by atoms with E-state index in [0.717, 1.165) is 22.4 Å². The summed E-state index contributed by atoms with van der Waals surface area (Å²) in [5, 5.41) is 0. The summed E-state index contributed by atoms with van der Waals surface area (Å²) in [5.41, 5.74) is 9.22. The van der Waals surface area contributed by atoms with Crippen LogP contribution in [0.25, 0.3) is 11.0 Å². The first-order chi connectivity index (χ1) is 15.5. The number of hydrogen-bond donors (Lipinski definition) is 2. The molecule has 0 saturated carbocycles. The van der Waals surface area contributed by atoms with Crippen LogP contribution >= 0.6 is 0 Å². The van der Waals surface area contributed by atoms with Gasteiger partial charge in [-0.25, -0.2) is 9.97 Å². The van der Waals surface area contributed by atoms with Gasteiger partial charge in [0.15, 0.2) is 5.69 Å². The van der Waals surface area contributed by atoms with Crippen LogP contribution < -0.4 is 19.9 Å². The first kappa shape index (κ1) is 24.8. The second-order valence-electron chi connectivity index (χ2n) is 8.82. The number of methoxy groups -OCH3 is 1. The molecular weight excluding hydrogens is 440 g/mol. The van der Waals surface area contributed by atoms with Crippen molar-refractivity contribution in [2.24, 2.45) is 5.73 Å². The van der Waals surface area contributed by atoms with Gasteiger partial charge in [-0.15, -0.1) is 4.72 Å². The van der Waals surface area contributed by atoms with Crippen molar-refractivity contribution in [1.82, 2.24) is 14.7 Å². The monoisotopic (exact) mass is 470 g/mol. The van der Waals surface area contributed by atoms with Crippen LogP contribution in [0.2, 0.25) is 0 Å². The van der Waals surface area contributed by atoms with Crippen molar-refractivity contribution < 1.29 is 18.8 Å². The maximum absolute atomic E-state index is 12.7. The van der Waals surface area contributed by atoms with Crippen LogP contribution in [0.3, 0.4) is 0 Å². The number of rotatable bonds is 8. The van der Waals surface area contributed by atoms with Crippen LogP contribution in [-0.4, -0.2) is 32.3 Å². The third-order valence-corrected chi connectivity index (χ3v) is 6.67. The average Bonchev–Trinajstić information content (AvgIpc) is 2.76. The fourth-order valence-electron chi connectivity index (χ4n) is 3.18. The molecule has 1 aromatic heterocycles. The smallest absolute Gasteiger partial charge is 0.272 e. The number of carbonyl (C=O) groups excluding carboxylic acids is 1. The normalized spacial score (nSPS) is 13.5. The Morgan fingerprint density at radius 3 is 2.45 bits per heavy atom. The van der Waals surface area contributed by atoms with Gasteiger partial charge in [-0.3, -0.25) is 4.79 Å². The Balaban J connectivity index is 2.00. The molecule has 0 saturated heterocycles. The number of carbonyl (C=O) groups is 1. The van der Waals surface area contributed by atoms with Gasteiger partial charge >= 0.3 is 0 Å². The molecule has 0 aliphatic heterocycles. The van der Waals surface area contributed by atoms with Crippen LogP contribution in [0.4, 0.5) is 0 Å². The summed E-state index contributed by atoms with van der Waals surface area (Å²) in [7, 11) is 1.60. The number of ether oxygens (including phenoxy) is 2. The number of aryl methyl sites for hydroxylation is 1. The highest BCUT2D eigenvalue weighted by molar-refractivity contribution is 7.90. The standard InChI is InChI=1S/C24H30N4O4S/c1-14-11-18(15(2)28-33(30)24(3,4)5)20-19(12-14)26-21(22(25)29)23(27-20)32-13-16-7-9-17(31-6)10-8-16/h7-12,15,28H,13H2,1-6H3,(H2,25,29)/t15-,33?/m1/s1. The van der Waals surface area contributed by atoms with Crippen molar-refractivity contribution >= 4 is 28.3 Å². The molecule has 0 fully saturated rings. The highest BCUT2D eigenvalue weighted by Crippen LogP contribution is 2.29. The lowest BCUT2D eigenvalue weighted by Gasteiger charge is -2.27. The van der Waals surface area contributed by atoms with Crippen LogP contribution in [0.15, 0.2) is 36.4 Å². The Bertz CT molecular complexity index is 1150. The lowest BCUT2D eigenvalue weighted by Crippen LogP contribution is -2.40. The predicted octanol–water partition coefficient (Wildman–Crippen LogP) is 3.74. The van der Waals surface area contributed by atoms with Gasteiger partial charge in [0.05, 0.1) is 24.2 Å². The molecule has 0 aliphatic rings. The summed E-state index contributed by atoms with van der Waals surface area (Å²) in [4.78, 5) is 21.2. The minimum Gasteiger partial charge on any atom is -0.598 e. The van der Waals surface area contributed by atoms with Crippen LogP contribution in [0, 0.1) is 6.92 Å². The van der Waals surface area contributed by atoms with Gasteiger partial charge in [-0.2, -0.15) is 0 Å². The first-order valence-corrected chi connectivity index (χ1v) is 11.7. The molecule has 0 aliphatic carbocycles. The molecule has 1 unspecified atom stereocenters. The van der Waals surface area contributed by atoms with Gasteiger partial charge in [0.2, 0.25) is 5.88 Å². The van der Waals surface area contributed by atoms with Gasteiger partial charge in [-0.05, 0) is 63.9 Å². The summed E-state index contributed by atoms with van der Waals surface area (Å²) >= 11 is -1.28. The van der Waals surface area contributed by atoms with E-state index in [0.29, 0.717) is 11.0 Å². The van der Waals surface area contributed by atoms with E-state index in [4.69, 9.17) is 15.2 Å². The minimum atomic E-state index is -1.28. The minimum absolute atomic E-state index is 0.0357. The Morgan fingerprint density at radius 2 is 1.88 bits per heavy atom. The highest BCUT2D eigenvalue weighted by Gasteiger charge is 2.29. The second-order valence-corrected chi connectivity index (χ2v) is 10.8. The summed E-state index contributed by atoms with van der Waals surface area (Å²) in [5.74, 6) is 0.0634. The first-order valence-electron chi connectivity index (χ1n) is 10.6. The van der Waals surface area contributed by atoms with Crippen LogP contribution in [-0.2, 0) is 18.0 Å². The summed E-state index contributed by atoms with van der Waals surface area (Å²) in [6, 6.07) is 10.9. The molecule has 2 aromatic carbocycles. The van der Waals surface area contributed by atoms with Crippen LogP contribution in [0.5, 0.6) is 11.6 Å². The molecule has 176 valence electrons. The van der Waals surface area contributed by atoms with Gasteiger partial charge < -0.3 is 19.8 Å². The molecule has 9 heteroatoms. The van der Waals surface area contributed by atoms with E-state index < -0.39 is 22.0 Å². The molecule has 3 N–H and O–H groups in total. The van der Waals surface area contributed by atoms with Gasteiger partial charge in [0, 0.05) is 16.9 Å². The molecule has 1 heterocycles. The third kappa shape index (κ3) is 5.93. The summed E-state index contributed by atoms with van der Waals surface area (Å²) < 4.78 is 26.4. The largest absolute Gasteiger partial charge is 0.598 e. The lowest BCUT2D eigenvalue weighted by atomic mass is 10.0. The van der Waals surface area contributed by atoms with E-state index in [1.165, 1.54) is 0 Å². The molecule has 33 heavy (non-hydrogen) atoms. The number of hydrogen-bond acceptors (Lipinski definition) is 7. The number of nitrogens with zero attached hydrogens (tertiary/aromatic N) is 2. The molecule has 0 bridgehead atoms. The van der Waals surface area contributed by atoms with Crippen molar-refractivity contribution in [3.05, 3.63) is 58.8 Å². The number of benzene rings is 2. The number of primary amides is 1. The number of fused-ring (bicyclic) bond motifs is 1. The van der Waals surface area contributed by atoms with Crippen molar-refractivity contribution in [3.63, 3.8) is 0 Å². The Kier molecular flexibility index (Phi) is 7.46. The van der Waals surface area contributed by atoms with E-state index >= 15 is 0 Å². The maximum Gasteiger partial charge on any atom is 0.272 e.